The zero-order valence-corrected chi connectivity index (χ0v) is 16.6. The van der Waals surface area contributed by atoms with Crippen molar-refractivity contribution in [2.75, 3.05) is 17.7 Å². The Kier molecular flexibility index (Phi) is 4.70. The van der Waals surface area contributed by atoms with Crippen LogP contribution in [0.25, 0.3) is 5.70 Å². The lowest BCUT2D eigenvalue weighted by molar-refractivity contribution is -0.117. The van der Waals surface area contributed by atoms with Crippen LogP contribution >= 0.6 is 0 Å². The van der Waals surface area contributed by atoms with Crippen LogP contribution in [0.5, 0.6) is 0 Å². The number of allylic oxidation sites excluding steroid dienone is 1. The average molecular weight is 393 g/mol. The van der Waals surface area contributed by atoms with E-state index in [1.165, 1.54) is 17.8 Å². The van der Waals surface area contributed by atoms with E-state index in [2.05, 4.69) is 20.9 Å². The van der Waals surface area contributed by atoms with Crippen LogP contribution < -0.4 is 21.5 Å². The van der Waals surface area contributed by atoms with Gasteiger partial charge in [0.05, 0.1) is 16.8 Å². The molecule has 0 aromatic carbocycles. The molecule has 0 spiro atoms. The van der Waals surface area contributed by atoms with Crippen molar-refractivity contribution in [2.45, 2.75) is 25.7 Å². The van der Waals surface area contributed by atoms with E-state index in [4.69, 9.17) is 0 Å². The summed E-state index contributed by atoms with van der Waals surface area (Å²) < 4.78 is 1.53. The molecule has 2 amide bonds. The molecule has 1 fully saturated rings. The summed E-state index contributed by atoms with van der Waals surface area (Å²) in [4.78, 5) is 41.3. The van der Waals surface area contributed by atoms with E-state index in [-0.39, 0.29) is 29.2 Å². The monoisotopic (exact) mass is 393 g/mol. The summed E-state index contributed by atoms with van der Waals surface area (Å²) in [5.74, 6) is 0.0997. The summed E-state index contributed by atoms with van der Waals surface area (Å²) in [6.07, 6.45) is 6.91. The predicted octanol–water partition coefficient (Wildman–Crippen LogP) is 2.06. The van der Waals surface area contributed by atoms with E-state index in [9.17, 15) is 14.4 Å². The minimum Gasteiger partial charge on any atom is -0.355 e. The molecule has 0 saturated heterocycles. The van der Waals surface area contributed by atoms with Crippen LogP contribution in [0.1, 0.15) is 47.2 Å². The van der Waals surface area contributed by atoms with Crippen LogP contribution in [0.2, 0.25) is 0 Å². The van der Waals surface area contributed by atoms with E-state index < -0.39 is 0 Å². The first kappa shape index (κ1) is 18.9. The van der Waals surface area contributed by atoms with Crippen molar-refractivity contribution >= 4 is 29.0 Å². The molecule has 4 rings (SSSR count). The summed E-state index contributed by atoms with van der Waals surface area (Å²) in [5, 5.41) is 8.62. The predicted molar refractivity (Wildman–Crippen MR) is 111 cm³/mol. The maximum Gasteiger partial charge on any atom is 0.259 e. The fraction of sp³-hybridized carbons (Fsp3) is 0.333. The van der Waals surface area contributed by atoms with Crippen molar-refractivity contribution < 1.29 is 9.59 Å². The van der Waals surface area contributed by atoms with Crippen molar-refractivity contribution in [3.8, 4) is 0 Å². The Balaban J connectivity index is 1.71. The number of anilines is 2. The molecule has 0 aliphatic heterocycles. The van der Waals surface area contributed by atoms with Gasteiger partial charge >= 0.3 is 0 Å². The molecule has 0 bridgehead atoms. The van der Waals surface area contributed by atoms with Crippen LogP contribution in [-0.4, -0.2) is 28.4 Å². The van der Waals surface area contributed by atoms with Crippen molar-refractivity contribution in [3.05, 3.63) is 57.6 Å². The molecule has 150 valence electrons. The van der Waals surface area contributed by atoms with Crippen LogP contribution in [-0.2, 0) is 11.8 Å². The van der Waals surface area contributed by atoms with Gasteiger partial charge in [-0.05, 0) is 24.5 Å². The van der Waals surface area contributed by atoms with Gasteiger partial charge in [-0.3, -0.25) is 14.4 Å². The Bertz CT molecular complexity index is 1100. The van der Waals surface area contributed by atoms with Crippen molar-refractivity contribution in [1.29, 1.82) is 0 Å². The van der Waals surface area contributed by atoms with Crippen LogP contribution in [0.4, 0.5) is 11.5 Å². The van der Waals surface area contributed by atoms with Gasteiger partial charge in [-0.1, -0.05) is 13.0 Å². The highest BCUT2D eigenvalue weighted by Gasteiger charge is 2.30. The molecule has 3 N–H and O–H groups in total. The SMILES string of the molecule is CNC(=O)c1cnc(NC(=O)C2CC2)cc1NC1=CC(C)c2ccn(C)c(=O)c21. The van der Waals surface area contributed by atoms with Gasteiger partial charge < -0.3 is 20.5 Å². The van der Waals surface area contributed by atoms with Crippen LogP contribution in [0.15, 0.2) is 35.4 Å². The van der Waals surface area contributed by atoms with Gasteiger partial charge in [0, 0.05) is 50.1 Å². The molecule has 2 aliphatic rings. The van der Waals surface area contributed by atoms with Crippen LogP contribution in [0, 0.1) is 5.92 Å². The van der Waals surface area contributed by atoms with Crippen molar-refractivity contribution in [1.82, 2.24) is 14.9 Å². The zero-order valence-electron chi connectivity index (χ0n) is 16.6. The number of rotatable bonds is 5. The minimum atomic E-state index is -0.312. The fourth-order valence-electron chi connectivity index (χ4n) is 3.48. The fourth-order valence-corrected chi connectivity index (χ4v) is 3.48. The summed E-state index contributed by atoms with van der Waals surface area (Å²) in [5.41, 5.74) is 2.86. The number of nitrogens with zero attached hydrogens (tertiary/aromatic N) is 2. The van der Waals surface area contributed by atoms with E-state index in [1.54, 1.807) is 19.3 Å². The number of fused-ring (bicyclic) bond motifs is 1. The van der Waals surface area contributed by atoms with Gasteiger partial charge in [0.1, 0.15) is 5.82 Å². The first-order valence-electron chi connectivity index (χ1n) is 9.60. The summed E-state index contributed by atoms with van der Waals surface area (Å²) in [7, 11) is 3.24. The topological polar surface area (TPSA) is 105 Å². The van der Waals surface area contributed by atoms with Crippen molar-refractivity contribution in [2.24, 2.45) is 13.0 Å². The molecular weight excluding hydrogens is 370 g/mol. The molecular formula is C21H23N5O3. The third-order valence-electron chi connectivity index (χ3n) is 5.32. The first-order chi connectivity index (χ1) is 13.9. The van der Waals surface area contributed by atoms with Gasteiger partial charge in [-0.2, -0.15) is 0 Å². The Morgan fingerprint density at radius 1 is 1.28 bits per heavy atom. The van der Waals surface area contributed by atoms with Gasteiger partial charge in [-0.25, -0.2) is 4.98 Å². The maximum atomic E-state index is 12.7. The summed E-state index contributed by atoms with van der Waals surface area (Å²) in [6, 6.07) is 3.56. The highest BCUT2D eigenvalue weighted by atomic mass is 16.2. The van der Waals surface area contributed by atoms with Gasteiger partial charge in [0.2, 0.25) is 5.91 Å². The zero-order chi connectivity index (χ0) is 20.7. The van der Waals surface area contributed by atoms with Gasteiger partial charge in [-0.15, -0.1) is 0 Å². The highest BCUT2D eigenvalue weighted by Crippen LogP contribution is 2.35. The van der Waals surface area contributed by atoms with E-state index in [1.807, 2.05) is 19.1 Å². The van der Waals surface area contributed by atoms with Gasteiger partial charge in [0.15, 0.2) is 0 Å². The smallest absolute Gasteiger partial charge is 0.259 e. The molecule has 0 radical (unpaired) electrons. The third-order valence-corrected chi connectivity index (χ3v) is 5.32. The minimum absolute atomic E-state index is 0.0418. The number of aryl methyl sites for hydroxylation is 1. The summed E-state index contributed by atoms with van der Waals surface area (Å²) >= 11 is 0. The Hall–Kier alpha value is -3.42. The molecule has 2 aromatic rings. The number of pyridine rings is 2. The lowest BCUT2D eigenvalue weighted by atomic mass is 10.0. The van der Waals surface area contributed by atoms with E-state index in [0.717, 1.165) is 18.4 Å². The molecule has 2 aliphatic carbocycles. The first-order valence-corrected chi connectivity index (χ1v) is 9.60. The number of nitrogens with one attached hydrogen (secondary N) is 3. The normalized spacial score (nSPS) is 17.3. The molecule has 1 unspecified atom stereocenters. The third kappa shape index (κ3) is 3.53. The number of hydrogen-bond acceptors (Lipinski definition) is 5. The lowest BCUT2D eigenvalue weighted by Gasteiger charge is -2.15. The number of hydrogen-bond donors (Lipinski definition) is 3. The molecule has 2 heterocycles. The average Bonchev–Trinajstić information content (AvgIpc) is 3.50. The second-order valence-corrected chi connectivity index (χ2v) is 7.51. The quantitative estimate of drug-likeness (QED) is 0.721. The van der Waals surface area contributed by atoms with Crippen LogP contribution in [0.3, 0.4) is 0 Å². The molecule has 1 saturated carbocycles. The van der Waals surface area contributed by atoms with E-state index in [0.29, 0.717) is 28.3 Å². The molecule has 2 aromatic heterocycles. The molecule has 8 nitrogen and oxygen atoms in total. The molecule has 1 atom stereocenters. The molecule has 29 heavy (non-hydrogen) atoms. The standard InChI is InChI=1S/C21H23N5O3/c1-11-8-16(18-13(11)6-7-26(3)21(18)29)24-15-9-17(25-19(27)12-4-5-12)23-10-14(15)20(28)22-2/h6-12H,4-5H2,1-3H3,(H,22,28)(H2,23,24,25,27). The van der Waals surface area contributed by atoms with Crippen molar-refractivity contribution in [3.63, 3.8) is 0 Å². The second kappa shape index (κ2) is 7.20. The largest absolute Gasteiger partial charge is 0.355 e. The number of carbonyl (C=O) groups excluding carboxylic acids is 2. The maximum absolute atomic E-state index is 12.7. The highest BCUT2D eigenvalue weighted by molar-refractivity contribution is 6.02. The molecule has 8 heteroatoms. The number of amides is 2. The van der Waals surface area contributed by atoms with E-state index >= 15 is 0 Å². The van der Waals surface area contributed by atoms with Gasteiger partial charge in [0.25, 0.3) is 11.5 Å². The Morgan fingerprint density at radius 3 is 2.72 bits per heavy atom. The Labute approximate surface area is 168 Å². The number of carbonyl (C=O) groups is 2. The number of aromatic nitrogens is 2. The second-order valence-electron chi connectivity index (χ2n) is 7.51. The summed E-state index contributed by atoms with van der Waals surface area (Å²) in [6.45, 7) is 2.01. The lowest BCUT2D eigenvalue weighted by Crippen LogP contribution is -2.23. The Morgan fingerprint density at radius 2 is 2.03 bits per heavy atom.